The number of aryl methyl sites for hydroxylation is 1. The molecule has 1 aliphatic rings. The highest BCUT2D eigenvalue weighted by Gasteiger charge is 2.28. The second-order valence-corrected chi connectivity index (χ2v) is 8.10. The van der Waals surface area contributed by atoms with Gasteiger partial charge in [-0.05, 0) is 30.7 Å². The molecule has 0 aliphatic carbocycles. The SMILES string of the molecule is Cc1cc(SC(C)(C)C)ccc1NC(=O)NN1CC(=O)NC1=O. The Hall–Kier alpha value is -2.22. The van der Waals surface area contributed by atoms with Crippen LogP contribution >= 0.6 is 11.8 Å². The van der Waals surface area contributed by atoms with Gasteiger partial charge in [0.1, 0.15) is 6.54 Å². The number of rotatable bonds is 3. The van der Waals surface area contributed by atoms with Crippen LogP contribution in [0.5, 0.6) is 0 Å². The van der Waals surface area contributed by atoms with Gasteiger partial charge in [-0.1, -0.05) is 20.8 Å². The predicted octanol–water partition coefficient (Wildman–Crippen LogP) is 2.47. The third-order valence-electron chi connectivity index (χ3n) is 2.90. The number of urea groups is 2. The minimum absolute atomic E-state index is 0.106. The van der Waals surface area contributed by atoms with E-state index in [9.17, 15) is 14.4 Å². The molecular weight excluding hydrogens is 316 g/mol. The van der Waals surface area contributed by atoms with Gasteiger partial charge in [-0.2, -0.15) is 0 Å². The molecule has 0 unspecified atom stereocenters. The van der Waals surface area contributed by atoms with Crippen LogP contribution in [0.1, 0.15) is 26.3 Å². The molecular formula is C15H20N4O3S. The minimum Gasteiger partial charge on any atom is -0.306 e. The zero-order valence-electron chi connectivity index (χ0n) is 13.5. The highest BCUT2D eigenvalue weighted by molar-refractivity contribution is 8.00. The molecule has 1 aromatic rings. The summed E-state index contributed by atoms with van der Waals surface area (Å²) in [5.74, 6) is -0.449. The van der Waals surface area contributed by atoms with Crippen molar-refractivity contribution >= 4 is 35.4 Å². The van der Waals surface area contributed by atoms with E-state index in [-0.39, 0.29) is 11.3 Å². The second-order valence-electron chi connectivity index (χ2n) is 6.20. The Morgan fingerprint density at radius 2 is 2.00 bits per heavy atom. The van der Waals surface area contributed by atoms with Crippen LogP contribution in [0.3, 0.4) is 0 Å². The average molecular weight is 336 g/mol. The van der Waals surface area contributed by atoms with E-state index in [0.29, 0.717) is 5.69 Å². The van der Waals surface area contributed by atoms with Gasteiger partial charge in [0.2, 0.25) is 5.91 Å². The lowest BCUT2D eigenvalue weighted by Crippen LogP contribution is -2.46. The monoisotopic (exact) mass is 336 g/mol. The molecule has 23 heavy (non-hydrogen) atoms. The summed E-state index contributed by atoms with van der Waals surface area (Å²) in [6.45, 7) is 8.11. The molecule has 0 aromatic heterocycles. The highest BCUT2D eigenvalue weighted by atomic mass is 32.2. The summed E-state index contributed by atoms with van der Waals surface area (Å²) in [6.07, 6.45) is 0. The van der Waals surface area contributed by atoms with Crippen LogP contribution in [-0.2, 0) is 4.79 Å². The van der Waals surface area contributed by atoms with E-state index >= 15 is 0 Å². The molecule has 124 valence electrons. The Balaban J connectivity index is 1.98. The Morgan fingerprint density at radius 3 is 2.52 bits per heavy atom. The largest absolute Gasteiger partial charge is 0.343 e. The van der Waals surface area contributed by atoms with Crippen molar-refractivity contribution in [3.8, 4) is 0 Å². The minimum atomic E-state index is -0.640. The van der Waals surface area contributed by atoms with Gasteiger partial charge in [0.25, 0.3) is 0 Å². The molecule has 8 heteroatoms. The third-order valence-corrected chi connectivity index (χ3v) is 4.00. The Bertz CT molecular complexity index is 655. The van der Waals surface area contributed by atoms with Crippen molar-refractivity contribution in [2.24, 2.45) is 0 Å². The number of amides is 5. The summed E-state index contributed by atoms with van der Waals surface area (Å²) in [5, 5.41) is 5.68. The van der Waals surface area contributed by atoms with E-state index in [1.807, 2.05) is 25.1 Å². The molecule has 0 saturated carbocycles. The van der Waals surface area contributed by atoms with Crippen molar-refractivity contribution in [3.05, 3.63) is 23.8 Å². The Labute approximate surface area is 139 Å². The summed E-state index contributed by atoms with van der Waals surface area (Å²) in [7, 11) is 0. The van der Waals surface area contributed by atoms with Crippen LogP contribution in [0.25, 0.3) is 0 Å². The summed E-state index contributed by atoms with van der Waals surface area (Å²) in [6, 6.07) is 4.54. The lowest BCUT2D eigenvalue weighted by molar-refractivity contribution is -0.118. The first-order chi connectivity index (χ1) is 10.6. The van der Waals surface area contributed by atoms with Gasteiger partial charge in [-0.25, -0.2) is 20.0 Å². The first-order valence-electron chi connectivity index (χ1n) is 7.13. The van der Waals surface area contributed by atoms with Crippen molar-refractivity contribution in [2.75, 3.05) is 11.9 Å². The van der Waals surface area contributed by atoms with Crippen LogP contribution in [-0.4, -0.2) is 34.3 Å². The van der Waals surface area contributed by atoms with Crippen LogP contribution in [0.4, 0.5) is 15.3 Å². The molecule has 1 fully saturated rings. The number of hydrazine groups is 1. The summed E-state index contributed by atoms with van der Waals surface area (Å²) >= 11 is 1.74. The molecule has 1 aliphatic heterocycles. The molecule has 0 spiro atoms. The van der Waals surface area contributed by atoms with Crippen LogP contribution < -0.4 is 16.1 Å². The van der Waals surface area contributed by atoms with Gasteiger partial charge in [0.15, 0.2) is 0 Å². The number of carbonyl (C=O) groups is 3. The molecule has 7 nitrogen and oxygen atoms in total. The van der Waals surface area contributed by atoms with Crippen molar-refractivity contribution in [1.82, 2.24) is 15.8 Å². The van der Waals surface area contributed by atoms with Gasteiger partial charge in [0.05, 0.1) is 0 Å². The molecule has 0 atom stereocenters. The number of nitrogens with zero attached hydrogens (tertiary/aromatic N) is 1. The Kier molecular flexibility index (Phi) is 4.84. The third kappa shape index (κ3) is 4.88. The van der Waals surface area contributed by atoms with Gasteiger partial charge in [0, 0.05) is 15.3 Å². The molecule has 5 amide bonds. The number of thioether (sulfide) groups is 1. The van der Waals surface area contributed by atoms with Gasteiger partial charge in [-0.3, -0.25) is 10.1 Å². The number of benzene rings is 1. The predicted molar refractivity (Wildman–Crippen MR) is 89.2 cm³/mol. The first-order valence-corrected chi connectivity index (χ1v) is 7.94. The lowest BCUT2D eigenvalue weighted by Gasteiger charge is -2.19. The van der Waals surface area contributed by atoms with Crippen LogP contribution in [0, 0.1) is 6.92 Å². The van der Waals surface area contributed by atoms with E-state index in [2.05, 4.69) is 36.8 Å². The Morgan fingerprint density at radius 1 is 1.30 bits per heavy atom. The van der Waals surface area contributed by atoms with E-state index in [4.69, 9.17) is 0 Å². The zero-order valence-corrected chi connectivity index (χ0v) is 14.3. The van der Waals surface area contributed by atoms with Crippen LogP contribution in [0.15, 0.2) is 23.1 Å². The fourth-order valence-corrected chi connectivity index (χ4v) is 3.08. The van der Waals surface area contributed by atoms with Crippen molar-refractivity contribution < 1.29 is 14.4 Å². The van der Waals surface area contributed by atoms with E-state index < -0.39 is 18.0 Å². The summed E-state index contributed by atoms with van der Waals surface area (Å²) in [5.41, 5.74) is 3.89. The molecule has 2 rings (SSSR count). The van der Waals surface area contributed by atoms with Crippen molar-refractivity contribution in [1.29, 1.82) is 0 Å². The fraction of sp³-hybridized carbons (Fsp3) is 0.400. The van der Waals surface area contributed by atoms with Crippen molar-refractivity contribution in [3.63, 3.8) is 0 Å². The van der Waals surface area contributed by atoms with E-state index in [1.54, 1.807) is 11.8 Å². The number of anilines is 1. The summed E-state index contributed by atoms with van der Waals surface area (Å²) < 4.78 is 0.106. The number of imide groups is 1. The molecule has 0 radical (unpaired) electrons. The standard InChI is InChI=1S/C15H20N4O3S/c1-9-7-10(23-15(2,3)4)5-6-11(9)16-13(21)18-19-8-12(20)17-14(19)22/h5-7H,8H2,1-4H3,(H2,16,18,21)(H,17,20,22). The molecule has 1 saturated heterocycles. The highest BCUT2D eigenvalue weighted by Crippen LogP contribution is 2.33. The zero-order chi connectivity index (χ0) is 17.2. The molecule has 1 aromatic carbocycles. The average Bonchev–Trinajstić information content (AvgIpc) is 2.69. The number of carbonyl (C=O) groups excluding carboxylic acids is 3. The van der Waals surface area contributed by atoms with Crippen molar-refractivity contribution in [2.45, 2.75) is 37.3 Å². The van der Waals surface area contributed by atoms with Gasteiger partial charge in [-0.15, -0.1) is 11.8 Å². The van der Waals surface area contributed by atoms with Gasteiger partial charge >= 0.3 is 12.1 Å². The molecule has 3 N–H and O–H groups in total. The van der Waals surface area contributed by atoms with Crippen LogP contribution in [0.2, 0.25) is 0 Å². The molecule has 0 bridgehead atoms. The number of hydrogen-bond donors (Lipinski definition) is 3. The maximum Gasteiger partial charge on any atom is 0.343 e. The maximum atomic E-state index is 11.9. The maximum absolute atomic E-state index is 11.9. The first kappa shape index (κ1) is 17.1. The fourth-order valence-electron chi connectivity index (χ4n) is 2.00. The van der Waals surface area contributed by atoms with E-state index in [1.165, 1.54) is 0 Å². The normalized spacial score (nSPS) is 14.7. The quantitative estimate of drug-likeness (QED) is 0.584. The van der Waals surface area contributed by atoms with E-state index in [0.717, 1.165) is 15.5 Å². The second kappa shape index (κ2) is 6.49. The topological polar surface area (TPSA) is 90.5 Å². The number of nitrogens with one attached hydrogen (secondary N) is 3. The number of hydrogen-bond acceptors (Lipinski definition) is 4. The smallest absolute Gasteiger partial charge is 0.306 e. The lowest BCUT2D eigenvalue weighted by atomic mass is 10.2. The summed E-state index contributed by atoms with van der Waals surface area (Å²) in [4.78, 5) is 35.5. The van der Waals surface area contributed by atoms with Gasteiger partial charge < -0.3 is 5.32 Å². The molecule has 1 heterocycles.